The summed E-state index contributed by atoms with van der Waals surface area (Å²) in [5.74, 6) is -0.333. The quantitative estimate of drug-likeness (QED) is 0.619. The van der Waals surface area contributed by atoms with Crippen molar-refractivity contribution in [2.24, 2.45) is 5.41 Å². The van der Waals surface area contributed by atoms with Crippen LogP contribution < -0.4 is 4.74 Å². The third kappa shape index (κ3) is 3.32. The van der Waals surface area contributed by atoms with E-state index in [9.17, 15) is 9.59 Å². The average molecular weight is 315 g/mol. The summed E-state index contributed by atoms with van der Waals surface area (Å²) in [5.41, 5.74) is -1.20. The lowest BCUT2D eigenvalue weighted by molar-refractivity contribution is -0.156. The Balaban J connectivity index is 2.67. The second-order valence-corrected chi connectivity index (χ2v) is 5.11. The van der Waals surface area contributed by atoms with E-state index >= 15 is 0 Å². The highest BCUT2D eigenvalue weighted by Crippen LogP contribution is 2.25. The third-order valence-corrected chi connectivity index (χ3v) is 3.24. The van der Waals surface area contributed by atoms with E-state index in [0.29, 0.717) is 5.75 Å². The summed E-state index contributed by atoms with van der Waals surface area (Å²) in [6.45, 7) is 2.86. The number of carbonyl (C=O) groups is 2. The number of methoxy groups -OCH3 is 1. The Bertz CT molecular complexity index is 454. The van der Waals surface area contributed by atoms with Crippen LogP contribution in [0.1, 0.15) is 13.8 Å². The van der Waals surface area contributed by atoms with Gasteiger partial charge in [0.1, 0.15) is 17.8 Å². The summed E-state index contributed by atoms with van der Waals surface area (Å²) < 4.78 is 10.7. The Labute approximate surface area is 114 Å². The van der Waals surface area contributed by atoms with Crippen molar-refractivity contribution < 1.29 is 19.1 Å². The molecule has 0 saturated carbocycles. The van der Waals surface area contributed by atoms with Gasteiger partial charge in [-0.3, -0.25) is 9.59 Å². The monoisotopic (exact) mass is 314 g/mol. The number of rotatable bonds is 5. The lowest BCUT2D eigenvalue weighted by Gasteiger charge is -2.20. The molecule has 0 N–H and O–H groups in total. The van der Waals surface area contributed by atoms with Crippen LogP contribution in [0, 0.1) is 5.41 Å². The van der Waals surface area contributed by atoms with Gasteiger partial charge in [-0.05, 0) is 41.9 Å². The fourth-order valence-electron chi connectivity index (χ4n) is 1.25. The van der Waals surface area contributed by atoms with Gasteiger partial charge in [0.15, 0.2) is 5.78 Å². The second kappa shape index (κ2) is 6.00. The molecule has 1 aromatic carbocycles. The summed E-state index contributed by atoms with van der Waals surface area (Å²) in [4.78, 5) is 23.4. The first-order chi connectivity index (χ1) is 8.39. The van der Waals surface area contributed by atoms with E-state index in [-0.39, 0.29) is 12.4 Å². The maximum absolute atomic E-state index is 11.9. The summed E-state index contributed by atoms with van der Waals surface area (Å²) in [6.07, 6.45) is 0. The first-order valence-electron chi connectivity index (χ1n) is 5.38. The Morgan fingerprint density at radius 1 is 1.28 bits per heavy atom. The molecule has 0 saturated heterocycles. The van der Waals surface area contributed by atoms with Crippen LogP contribution in [0.2, 0.25) is 0 Å². The molecule has 5 heteroatoms. The molecule has 0 aliphatic heterocycles. The van der Waals surface area contributed by atoms with E-state index in [0.717, 1.165) is 4.47 Å². The van der Waals surface area contributed by atoms with Gasteiger partial charge in [0.05, 0.1) is 11.6 Å². The highest BCUT2D eigenvalue weighted by Gasteiger charge is 2.37. The second-order valence-electron chi connectivity index (χ2n) is 4.26. The minimum Gasteiger partial charge on any atom is -0.485 e. The molecule has 0 fully saturated rings. The zero-order valence-corrected chi connectivity index (χ0v) is 12.1. The first kappa shape index (κ1) is 14.7. The van der Waals surface area contributed by atoms with Crippen molar-refractivity contribution in [2.45, 2.75) is 13.8 Å². The van der Waals surface area contributed by atoms with E-state index in [1.807, 2.05) is 12.1 Å². The molecule has 0 heterocycles. The number of halogens is 1. The van der Waals surface area contributed by atoms with E-state index in [1.54, 1.807) is 12.1 Å². The maximum Gasteiger partial charge on any atom is 0.318 e. The molecule has 0 atom stereocenters. The molecule has 18 heavy (non-hydrogen) atoms. The van der Waals surface area contributed by atoms with Gasteiger partial charge in [0.2, 0.25) is 0 Å². The number of ether oxygens (including phenoxy) is 2. The molecule has 0 aliphatic carbocycles. The highest BCUT2D eigenvalue weighted by atomic mass is 79.9. The van der Waals surface area contributed by atoms with Gasteiger partial charge in [0.25, 0.3) is 0 Å². The van der Waals surface area contributed by atoms with Crippen molar-refractivity contribution in [1.29, 1.82) is 0 Å². The lowest BCUT2D eigenvalue weighted by atomic mass is 9.88. The number of para-hydroxylation sites is 1. The van der Waals surface area contributed by atoms with Gasteiger partial charge in [-0.25, -0.2) is 0 Å². The van der Waals surface area contributed by atoms with Crippen molar-refractivity contribution in [3.8, 4) is 5.75 Å². The minimum atomic E-state index is -1.20. The molecule has 0 aliphatic rings. The number of carbonyl (C=O) groups excluding carboxylic acids is 2. The van der Waals surface area contributed by atoms with E-state index in [4.69, 9.17) is 4.74 Å². The maximum atomic E-state index is 11.9. The van der Waals surface area contributed by atoms with Crippen LogP contribution >= 0.6 is 15.9 Å². The van der Waals surface area contributed by atoms with E-state index < -0.39 is 11.4 Å². The number of Topliss-reactive ketones (excluding diaryl/α,β-unsaturated/α-hetero) is 1. The predicted molar refractivity (Wildman–Crippen MR) is 70.4 cm³/mol. The molecule has 4 nitrogen and oxygen atoms in total. The number of hydrogen-bond donors (Lipinski definition) is 0. The van der Waals surface area contributed by atoms with Crippen molar-refractivity contribution in [1.82, 2.24) is 0 Å². The number of benzene rings is 1. The molecular formula is C13H15BrO4. The van der Waals surface area contributed by atoms with Crippen molar-refractivity contribution in [3.63, 3.8) is 0 Å². The van der Waals surface area contributed by atoms with Gasteiger partial charge >= 0.3 is 5.97 Å². The molecule has 1 aromatic rings. The molecule has 98 valence electrons. The molecule has 0 spiro atoms. The Morgan fingerprint density at radius 2 is 1.89 bits per heavy atom. The van der Waals surface area contributed by atoms with Crippen LogP contribution in [0.15, 0.2) is 28.7 Å². The third-order valence-electron chi connectivity index (χ3n) is 2.59. The van der Waals surface area contributed by atoms with Gasteiger partial charge < -0.3 is 9.47 Å². The number of hydrogen-bond acceptors (Lipinski definition) is 4. The SMILES string of the molecule is COC(=O)C(C)(C)C(=O)COc1ccccc1Br. The molecule has 0 unspecified atom stereocenters. The van der Waals surface area contributed by atoms with Crippen molar-refractivity contribution in [2.75, 3.05) is 13.7 Å². The smallest absolute Gasteiger partial charge is 0.318 e. The fourth-order valence-corrected chi connectivity index (χ4v) is 1.65. The van der Waals surface area contributed by atoms with Crippen LogP contribution in [0.4, 0.5) is 0 Å². The van der Waals surface area contributed by atoms with Crippen LogP contribution in [-0.2, 0) is 14.3 Å². The molecule has 0 aromatic heterocycles. The highest BCUT2D eigenvalue weighted by molar-refractivity contribution is 9.10. The summed E-state index contributed by atoms with van der Waals surface area (Å²) in [6, 6.07) is 7.20. The largest absolute Gasteiger partial charge is 0.485 e. The lowest BCUT2D eigenvalue weighted by Crippen LogP contribution is -2.37. The standard InChI is InChI=1S/C13H15BrO4/c1-13(2,12(16)17-3)11(15)8-18-10-7-5-4-6-9(10)14/h4-7H,8H2,1-3H3. The fraction of sp³-hybridized carbons (Fsp3) is 0.385. The predicted octanol–water partition coefficient (Wildman–Crippen LogP) is 2.60. The molecule has 1 rings (SSSR count). The molecule has 0 amide bonds. The van der Waals surface area contributed by atoms with Gasteiger partial charge in [-0.1, -0.05) is 12.1 Å². The van der Waals surface area contributed by atoms with Crippen LogP contribution in [-0.4, -0.2) is 25.5 Å². The van der Waals surface area contributed by atoms with Crippen molar-refractivity contribution in [3.05, 3.63) is 28.7 Å². The van der Waals surface area contributed by atoms with E-state index in [2.05, 4.69) is 20.7 Å². The molecular weight excluding hydrogens is 300 g/mol. The summed E-state index contributed by atoms with van der Waals surface area (Å²) in [7, 11) is 1.26. The van der Waals surface area contributed by atoms with Gasteiger partial charge in [-0.2, -0.15) is 0 Å². The first-order valence-corrected chi connectivity index (χ1v) is 6.18. The minimum absolute atomic E-state index is 0.176. The zero-order chi connectivity index (χ0) is 13.8. The van der Waals surface area contributed by atoms with Crippen molar-refractivity contribution >= 4 is 27.7 Å². The Kier molecular flexibility index (Phi) is 4.90. The van der Waals surface area contributed by atoms with Crippen LogP contribution in [0.25, 0.3) is 0 Å². The normalized spacial score (nSPS) is 10.9. The van der Waals surface area contributed by atoms with E-state index in [1.165, 1.54) is 21.0 Å². The number of esters is 1. The molecule has 0 bridgehead atoms. The van der Waals surface area contributed by atoms with Gasteiger partial charge in [-0.15, -0.1) is 0 Å². The van der Waals surface area contributed by atoms with Crippen LogP contribution in [0.3, 0.4) is 0 Å². The number of ketones is 1. The van der Waals surface area contributed by atoms with Gasteiger partial charge in [0, 0.05) is 0 Å². The Morgan fingerprint density at radius 3 is 2.44 bits per heavy atom. The summed E-state index contributed by atoms with van der Waals surface area (Å²) in [5, 5.41) is 0. The topological polar surface area (TPSA) is 52.6 Å². The average Bonchev–Trinajstić information content (AvgIpc) is 2.36. The Hall–Kier alpha value is -1.36. The zero-order valence-electron chi connectivity index (χ0n) is 10.5. The molecule has 0 radical (unpaired) electrons. The van der Waals surface area contributed by atoms with Crippen LogP contribution in [0.5, 0.6) is 5.75 Å². The summed E-state index contributed by atoms with van der Waals surface area (Å²) >= 11 is 3.31.